The Hall–Kier alpha value is -0.920. The Bertz CT molecular complexity index is 256. The summed E-state index contributed by atoms with van der Waals surface area (Å²) in [4.78, 5) is 16.6. The lowest BCUT2D eigenvalue weighted by atomic mass is 9.88. The third-order valence-electron chi connectivity index (χ3n) is 2.95. The molecule has 0 radical (unpaired) electrons. The van der Waals surface area contributed by atoms with Crippen LogP contribution in [0.1, 0.15) is 59.8 Å². The molecular formula is C15H27NO. The van der Waals surface area contributed by atoms with E-state index in [1.807, 2.05) is 25.3 Å². The van der Waals surface area contributed by atoms with Crippen LogP contribution < -0.4 is 0 Å². The van der Waals surface area contributed by atoms with Crippen molar-refractivity contribution in [2.75, 3.05) is 0 Å². The van der Waals surface area contributed by atoms with Crippen LogP contribution in [-0.4, -0.2) is 18.0 Å². The lowest BCUT2D eigenvalue weighted by Gasteiger charge is -2.21. The number of Topliss-reactive ketones (excluding diaryl/α,β-unsaturated/α-hetero) is 1. The van der Waals surface area contributed by atoms with Gasteiger partial charge in [-0.2, -0.15) is 0 Å². The molecule has 0 fully saturated rings. The molecule has 17 heavy (non-hydrogen) atoms. The number of nitrogens with zero attached hydrogens (tertiary/aromatic N) is 1. The Morgan fingerprint density at radius 2 is 1.94 bits per heavy atom. The summed E-state index contributed by atoms with van der Waals surface area (Å²) in [6, 6.07) is 0.167. The zero-order valence-corrected chi connectivity index (χ0v) is 11.8. The van der Waals surface area contributed by atoms with Crippen LogP contribution in [0.5, 0.6) is 0 Å². The van der Waals surface area contributed by atoms with Crippen LogP contribution in [0.4, 0.5) is 0 Å². The molecule has 0 N–H and O–H groups in total. The highest BCUT2D eigenvalue weighted by Crippen LogP contribution is 2.20. The number of aliphatic imine (C=N–C) groups is 1. The third-order valence-corrected chi connectivity index (χ3v) is 2.95. The Morgan fingerprint density at radius 1 is 1.24 bits per heavy atom. The Balaban J connectivity index is 4.66. The van der Waals surface area contributed by atoms with Crippen LogP contribution in [0.15, 0.2) is 17.1 Å². The zero-order chi connectivity index (χ0) is 13.1. The molecule has 0 spiro atoms. The second-order valence-electron chi connectivity index (χ2n) is 4.41. The fourth-order valence-corrected chi connectivity index (χ4v) is 2.07. The molecule has 0 aliphatic carbocycles. The van der Waals surface area contributed by atoms with E-state index in [-0.39, 0.29) is 12.0 Å². The monoisotopic (exact) mass is 237 g/mol. The highest BCUT2D eigenvalue weighted by atomic mass is 16.1. The molecule has 0 amide bonds. The summed E-state index contributed by atoms with van der Waals surface area (Å²) in [5.74, 6) is 0.488. The second kappa shape index (κ2) is 10.2. The van der Waals surface area contributed by atoms with Crippen LogP contribution in [0, 0.1) is 5.92 Å². The molecule has 0 aromatic rings. The predicted octanol–water partition coefficient (Wildman–Crippen LogP) is 4.20. The first kappa shape index (κ1) is 16.1. The zero-order valence-electron chi connectivity index (χ0n) is 11.8. The van der Waals surface area contributed by atoms with Gasteiger partial charge in [-0.15, -0.1) is 0 Å². The summed E-state index contributed by atoms with van der Waals surface area (Å²) in [6.07, 6.45) is 10.3. The van der Waals surface area contributed by atoms with Gasteiger partial charge in [-0.3, -0.25) is 9.79 Å². The highest BCUT2D eigenvalue weighted by Gasteiger charge is 2.24. The lowest BCUT2D eigenvalue weighted by molar-refractivity contribution is -0.123. The molecular weight excluding hydrogens is 210 g/mol. The van der Waals surface area contributed by atoms with Crippen molar-refractivity contribution < 1.29 is 4.79 Å². The van der Waals surface area contributed by atoms with Gasteiger partial charge in [0.15, 0.2) is 0 Å². The smallest absolute Gasteiger partial charge is 0.138 e. The van der Waals surface area contributed by atoms with Crippen LogP contribution >= 0.6 is 0 Å². The maximum atomic E-state index is 12.0. The van der Waals surface area contributed by atoms with Crippen molar-refractivity contribution in [2.45, 2.75) is 65.8 Å². The summed E-state index contributed by atoms with van der Waals surface area (Å²) in [5, 5.41) is 0. The van der Waals surface area contributed by atoms with Gasteiger partial charge in [0.1, 0.15) is 5.78 Å². The number of allylic oxidation sites excluding steroid dienone is 2. The maximum absolute atomic E-state index is 12.0. The minimum Gasteiger partial charge on any atom is -0.299 e. The van der Waals surface area contributed by atoms with Gasteiger partial charge in [0.05, 0.1) is 6.04 Å². The van der Waals surface area contributed by atoms with Crippen molar-refractivity contribution in [3.63, 3.8) is 0 Å². The van der Waals surface area contributed by atoms with E-state index >= 15 is 0 Å². The van der Waals surface area contributed by atoms with E-state index in [0.717, 1.165) is 25.7 Å². The Labute approximate surface area is 106 Å². The van der Waals surface area contributed by atoms with Gasteiger partial charge >= 0.3 is 0 Å². The van der Waals surface area contributed by atoms with Crippen molar-refractivity contribution in [2.24, 2.45) is 10.9 Å². The standard InChI is InChI=1S/C15H27NO/c1-5-9-12-16-14(10-6-2)13(8-4)15(17)11-7-3/h5,9,12-14H,6-8,10-11H2,1-4H3/b9-5+,16-12?/t13-,14-/m1/s1. The van der Waals surface area contributed by atoms with Crippen molar-refractivity contribution in [3.05, 3.63) is 12.2 Å². The van der Waals surface area contributed by atoms with Gasteiger partial charge in [-0.1, -0.05) is 33.3 Å². The van der Waals surface area contributed by atoms with E-state index < -0.39 is 0 Å². The number of hydrogen-bond acceptors (Lipinski definition) is 2. The van der Waals surface area contributed by atoms with E-state index in [4.69, 9.17) is 0 Å². The van der Waals surface area contributed by atoms with Gasteiger partial charge in [-0.05, 0) is 32.3 Å². The van der Waals surface area contributed by atoms with Crippen LogP contribution in [-0.2, 0) is 4.79 Å². The first-order chi connectivity index (χ1) is 8.21. The highest BCUT2D eigenvalue weighted by molar-refractivity contribution is 5.82. The molecule has 0 heterocycles. The van der Waals surface area contributed by atoms with E-state index in [1.54, 1.807) is 0 Å². The SMILES string of the molecule is C/C=C/C=N[C@H](CCC)[C@@H](CC)C(=O)CCC. The average Bonchev–Trinajstić information content (AvgIpc) is 2.30. The lowest BCUT2D eigenvalue weighted by Crippen LogP contribution is -2.26. The van der Waals surface area contributed by atoms with Crippen LogP contribution in [0.25, 0.3) is 0 Å². The van der Waals surface area contributed by atoms with E-state index in [9.17, 15) is 4.79 Å². The van der Waals surface area contributed by atoms with Crippen molar-refractivity contribution >= 4 is 12.0 Å². The molecule has 0 aromatic heterocycles. The second-order valence-corrected chi connectivity index (χ2v) is 4.41. The van der Waals surface area contributed by atoms with Crippen molar-refractivity contribution in [3.8, 4) is 0 Å². The molecule has 0 aliphatic heterocycles. The fraction of sp³-hybridized carbons (Fsp3) is 0.733. The maximum Gasteiger partial charge on any atom is 0.138 e. The minimum atomic E-state index is 0.108. The molecule has 0 bridgehead atoms. The van der Waals surface area contributed by atoms with E-state index in [1.165, 1.54) is 0 Å². The first-order valence-corrected chi connectivity index (χ1v) is 6.88. The summed E-state index contributed by atoms with van der Waals surface area (Å²) >= 11 is 0. The van der Waals surface area contributed by atoms with Gasteiger partial charge in [-0.25, -0.2) is 0 Å². The number of ketones is 1. The van der Waals surface area contributed by atoms with Crippen molar-refractivity contribution in [1.29, 1.82) is 0 Å². The molecule has 0 unspecified atom stereocenters. The van der Waals surface area contributed by atoms with Gasteiger partial charge in [0, 0.05) is 18.6 Å². The summed E-state index contributed by atoms with van der Waals surface area (Å²) in [6.45, 7) is 8.27. The first-order valence-electron chi connectivity index (χ1n) is 6.88. The van der Waals surface area contributed by atoms with Crippen LogP contribution in [0.3, 0.4) is 0 Å². The number of hydrogen-bond donors (Lipinski definition) is 0. The average molecular weight is 237 g/mol. The topological polar surface area (TPSA) is 29.4 Å². The normalized spacial score (nSPS) is 15.5. The third kappa shape index (κ3) is 6.40. The van der Waals surface area contributed by atoms with Crippen LogP contribution in [0.2, 0.25) is 0 Å². The quantitative estimate of drug-likeness (QED) is 0.553. The molecule has 2 atom stereocenters. The summed E-state index contributed by atoms with van der Waals surface area (Å²) in [7, 11) is 0. The molecule has 98 valence electrons. The van der Waals surface area contributed by atoms with Gasteiger partial charge in [0.2, 0.25) is 0 Å². The Kier molecular flexibility index (Phi) is 9.69. The number of rotatable bonds is 9. The molecule has 0 saturated carbocycles. The summed E-state index contributed by atoms with van der Waals surface area (Å²) in [5.41, 5.74) is 0. The Morgan fingerprint density at radius 3 is 2.41 bits per heavy atom. The molecule has 0 aromatic carbocycles. The van der Waals surface area contributed by atoms with E-state index in [0.29, 0.717) is 12.2 Å². The van der Waals surface area contributed by atoms with Crippen molar-refractivity contribution in [1.82, 2.24) is 0 Å². The number of carbonyl (C=O) groups excluding carboxylic acids is 1. The minimum absolute atomic E-state index is 0.108. The van der Waals surface area contributed by atoms with Gasteiger partial charge in [0.25, 0.3) is 0 Å². The molecule has 2 nitrogen and oxygen atoms in total. The fourth-order valence-electron chi connectivity index (χ4n) is 2.07. The molecule has 2 heteroatoms. The number of carbonyl (C=O) groups is 1. The molecule has 0 saturated heterocycles. The summed E-state index contributed by atoms with van der Waals surface area (Å²) < 4.78 is 0. The van der Waals surface area contributed by atoms with E-state index in [2.05, 4.69) is 25.8 Å². The van der Waals surface area contributed by atoms with Gasteiger partial charge < -0.3 is 0 Å². The molecule has 0 rings (SSSR count). The predicted molar refractivity (Wildman–Crippen MR) is 75.7 cm³/mol. The largest absolute Gasteiger partial charge is 0.299 e. The molecule has 0 aliphatic rings.